The van der Waals surface area contributed by atoms with Crippen molar-refractivity contribution in [1.29, 1.82) is 0 Å². The molecule has 0 amide bonds. The fraction of sp³-hybridized carbons (Fsp3) is 0.500. The zero-order valence-electron chi connectivity index (χ0n) is 11.5. The van der Waals surface area contributed by atoms with Crippen molar-refractivity contribution in [2.24, 2.45) is 11.8 Å². The maximum Gasteiger partial charge on any atom is 0.307 e. The van der Waals surface area contributed by atoms with Crippen LogP contribution < -0.4 is 0 Å². The van der Waals surface area contributed by atoms with Crippen LogP contribution in [0, 0.1) is 25.7 Å². The van der Waals surface area contributed by atoms with Crippen molar-refractivity contribution in [1.82, 2.24) is 0 Å². The van der Waals surface area contributed by atoms with E-state index in [0.29, 0.717) is 12.8 Å². The van der Waals surface area contributed by atoms with Crippen LogP contribution in [0.4, 0.5) is 0 Å². The van der Waals surface area contributed by atoms with Gasteiger partial charge in [-0.1, -0.05) is 31.0 Å². The van der Waals surface area contributed by atoms with Crippen LogP contribution in [0.5, 0.6) is 0 Å². The molecule has 3 heteroatoms. The summed E-state index contributed by atoms with van der Waals surface area (Å²) in [6.45, 7) is 3.83. The summed E-state index contributed by atoms with van der Waals surface area (Å²) >= 11 is 0. The quantitative estimate of drug-likeness (QED) is 0.848. The van der Waals surface area contributed by atoms with Gasteiger partial charge in [0.1, 0.15) is 0 Å². The zero-order valence-corrected chi connectivity index (χ0v) is 11.5. The number of carbonyl (C=O) groups excluding carboxylic acids is 1. The molecule has 0 aromatic heterocycles. The van der Waals surface area contributed by atoms with Crippen LogP contribution in [0.15, 0.2) is 18.2 Å². The van der Waals surface area contributed by atoms with E-state index in [4.69, 9.17) is 0 Å². The number of benzene rings is 1. The Morgan fingerprint density at radius 3 is 2.11 bits per heavy atom. The number of Topliss-reactive ketones (excluding diaryl/α,β-unsaturated/α-hetero) is 1. The summed E-state index contributed by atoms with van der Waals surface area (Å²) in [7, 11) is 0. The van der Waals surface area contributed by atoms with Crippen molar-refractivity contribution < 1.29 is 14.7 Å². The minimum absolute atomic E-state index is 0.0164. The van der Waals surface area contributed by atoms with Gasteiger partial charge in [-0.25, -0.2) is 0 Å². The number of carboxylic acids is 1. The van der Waals surface area contributed by atoms with Gasteiger partial charge in [-0.2, -0.15) is 0 Å². The number of aryl methyl sites for hydroxylation is 2. The molecule has 0 radical (unpaired) electrons. The molecule has 0 aliphatic heterocycles. The van der Waals surface area contributed by atoms with Crippen LogP contribution in [0.3, 0.4) is 0 Å². The van der Waals surface area contributed by atoms with E-state index in [-0.39, 0.29) is 11.7 Å². The molecule has 1 N–H and O–H groups in total. The predicted octanol–water partition coefficient (Wildman–Crippen LogP) is 3.38. The summed E-state index contributed by atoms with van der Waals surface area (Å²) in [6, 6.07) is 5.76. The summed E-state index contributed by atoms with van der Waals surface area (Å²) in [5.74, 6) is -1.68. The van der Waals surface area contributed by atoms with Crippen molar-refractivity contribution in [3.05, 3.63) is 34.9 Å². The summed E-state index contributed by atoms with van der Waals surface area (Å²) in [5.41, 5.74) is 2.61. The lowest BCUT2D eigenvalue weighted by Crippen LogP contribution is -2.33. The highest BCUT2D eigenvalue weighted by molar-refractivity contribution is 6.02. The highest BCUT2D eigenvalue weighted by Crippen LogP contribution is 2.34. The third-order valence-corrected chi connectivity index (χ3v) is 4.15. The third-order valence-electron chi connectivity index (χ3n) is 4.15. The Labute approximate surface area is 113 Å². The van der Waals surface area contributed by atoms with E-state index >= 15 is 0 Å². The lowest BCUT2D eigenvalue weighted by molar-refractivity contribution is -0.144. The second kappa shape index (κ2) is 5.55. The molecule has 2 atom stereocenters. The van der Waals surface area contributed by atoms with Crippen molar-refractivity contribution in [2.45, 2.75) is 39.5 Å². The van der Waals surface area contributed by atoms with E-state index < -0.39 is 11.9 Å². The highest BCUT2D eigenvalue weighted by Gasteiger charge is 2.36. The number of hydrogen-bond donors (Lipinski definition) is 1. The Bertz CT molecular complexity index is 484. The van der Waals surface area contributed by atoms with Crippen molar-refractivity contribution in [2.75, 3.05) is 0 Å². The van der Waals surface area contributed by atoms with Gasteiger partial charge in [0.05, 0.1) is 5.92 Å². The Balaban J connectivity index is 2.34. The van der Waals surface area contributed by atoms with Gasteiger partial charge in [0.2, 0.25) is 0 Å². The topological polar surface area (TPSA) is 54.4 Å². The lowest BCUT2D eigenvalue weighted by Gasteiger charge is -2.28. The van der Waals surface area contributed by atoms with E-state index in [2.05, 4.69) is 0 Å². The van der Waals surface area contributed by atoms with Gasteiger partial charge in [-0.05, 0) is 37.8 Å². The van der Waals surface area contributed by atoms with Gasteiger partial charge >= 0.3 is 5.97 Å². The normalized spacial score (nSPS) is 23.1. The number of ketones is 1. The average Bonchev–Trinajstić information content (AvgIpc) is 2.38. The SMILES string of the molecule is Cc1cccc(C)c1C(=O)[C@H]1CCCC[C@H]1C(=O)O. The molecule has 1 aromatic carbocycles. The summed E-state index contributed by atoms with van der Waals surface area (Å²) in [5, 5.41) is 9.29. The smallest absolute Gasteiger partial charge is 0.307 e. The number of hydrogen-bond acceptors (Lipinski definition) is 2. The van der Waals surface area contributed by atoms with E-state index in [1.807, 2.05) is 32.0 Å². The van der Waals surface area contributed by atoms with Crippen LogP contribution in [-0.2, 0) is 4.79 Å². The summed E-state index contributed by atoms with van der Waals surface area (Å²) < 4.78 is 0. The maximum absolute atomic E-state index is 12.7. The lowest BCUT2D eigenvalue weighted by atomic mass is 9.74. The number of aliphatic carboxylic acids is 1. The summed E-state index contributed by atoms with van der Waals surface area (Å²) in [4.78, 5) is 24.0. The van der Waals surface area contributed by atoms with E-state index in [1.54, 1.807) is 0 Å². The minimum Gasteiger partial charge on any atom is -0.481 e. The number of rotatable bonds is 3. The number of carbonyl (C=O) groups is 2. The molecule has 1 aliphatic rings. The number of carboxylic acid groups (broad SMARTS) is 1. The average molecular weight is 260 g/mol. The summed E-state index contributed by atoms with van der Waals surface area (Å²) in [6.07, 6.45) is 3.18. The molecule has 0 saturated heterocycles. The van der Waals surface area contributed by atoms with Crippen molar-refractivity contribution in [3.8, 4) is 0 Å². The zero-order chi connectivity index (χ0) is 14.0. The molecule has 2 rings (SSSR count). The standard InChI is InChI=1S/C16H20O3/c1-10-6-5-7-11(2)14(10)15(17)12-8-3-4-9-13(12)16(18)19/h5-7,12-13H,3-4,8-9H2,1-2H3,(H,18,19)/t12-,13+/m0/s1. The van der Waals surface area contributed by atoms with E-state index in [0.717, 1.165) is 29.5 Å². The Kier molecular flexibility index (Phi) is 4.03. The van der Waals surface area contributed by atoms with E-state index in [1.165, 1.54) is 0 Å². The largest absolute Gasteiger partial charge is 0.481 e. The van der Waals surface area contributed by atoms with Gasteiger partial charge in [0, 0.05) is 11.5 Å². The van der Waals surface area contributed by atoms with Crippen LogP contribution in [0.2, 0.25) is 0 Å². The highest BCUT2D eigenvalue weighted by atomic mass is 16.4. The van der Waals surface area contributed by atoms with Crippen LogP contribution >= 0.6 is 0 Å². The monoisotopic (exact) mass is 260 g/mol. The van der Waals surface area contributed by atoms with E-state index in [9.17, 15) is 14.7 Å². The molecule has 19 heavy (non-hydrogen) atoms. The molecule has 0 unspecified atom stereocenters. The first-order valence-corrected chi connectivity index (χ1v) is 6.85. The minimum atomic E-state index is -0.829. The molecule has 0 heterocycles. The van der Waals surface area contributed by atoms with Gasteiger partial charge in [0.15, 0.2) is 5.78 Å². The van der Waals surface area contributed by atoms with Crippen LogP contribution in [0.25, 0.3) is 0 Å². The Hall–Kier alpha value is -1.64. The molecule has 1 aliphatic carbocycles. The predicted molar refractivity (Wildman–Crippen MR) is 73.3 cm³/mol. The first-order valence-electron chi connectivity index (χ1n) is 6.85. The molecule has 3 nitrogen and oxygen atoms in total. The fourth-order valence-electron chi connectivity index (χ4n) is 3.13. The molecule has 1 fully saturated rings. The van der Waals surface area contributed by atoms with Gasteiger partial charge in [-0.3, -0.25) is 9.59 Å². The second-order valence-electron chi connectivity index (χ2n) is 5.47. The first kappa shape index (κ1) is 13.8. The molecule has 102 valence electrons. The van der Waals surface area contributed by atoms with Crippen molar-refractivity contribution >= 4 is 11.8 Å². The molecule has 0 spiro atoms. The van der Waals surface area contributed by atoms with Crippen molar-refractivity contribution in [3.63, 3.8) is 0 Å². The molecular weight excluding hydrogens is 240 g/mol. The first-order chi connectivity index (χ1) is 9.02. The van der Waals surface area contributed by atoms with Crippen LogP contribution in [-0.4, -0.2) is 16.9 Å². The van der Waals surface area contributed by atoms with Crippen LogP contribution in [0.1, 0.15) is 47.2 Å². The second-order valence-corrected chi connectivity index (χ2v) is 5.47. The van der Waals surface area contributed by atoms with Gasteiger partial charge in [-0.15, -0.1) is 0 Å². The molecular formula is C16H20O3. The van der Waals surface area contributed by atoms with Gasteiger partial charge < -0.3 is 5.11 Å². The molecule has 1 saturated carbocycles. The third kappa shape index (κ3) is 2.70. The Morgan fingerprint density at radius 2 is 1.58 bits per heavy atom. The molecule has 1 aromatic rings. The maximum atomic E-state index is 12.7. The molecule has 0 bridgehead atoms. The Morgan fingerprint density at radius 1 is 1.05 bits per heavy atom. The fourth-order valence-corrected chi connectivity index (χ4v) is 3.13. The van der Waals surface area contributed by atoms with Gasteiger partial charge in [0.25, 0.3) is 0 Å².